The first kappa shape index (κ1) is 20.3. The first-order chi connectivity index (χ1) is 13.1. The van der Waals surface area contributed by atoms with Gasteiger partial charge in [0.05, 0.1) is 19.8 Å². The summed E-state index contributed by atoms with van der Waals surface area (Å²) in [6.07, 6.45) is 3.01. The molecule has 0 spiro atoms. The molecular formula is C20H33N3O4. The van der Waals surface area contributed by atoms with Crippen molar-refractivity contribution in [1.82, 2.24) is 14.7 Å². The van der Waals surface area contributed by atoms with Gasteiger partial charge in [-0.25, -0.2) is 0 Å². The Balaban J connectivity index is 1.60. The zero-order valence-electron chi connectivity index (χ0n) is 16.6. The number of nitrogens with zero attached hydrogens (tertiary/aromatic N) is 3. The van der Waals surface area contributed by atoms with Crippen LogP contribution in [0.5, 0.6) is 0 Å². The Kier molecular flexibility index (Phi) is 7.29. The van der Waals surface area contributed by atoms with E-state index < -0.39 is 0 Å². The van der Waals surface area contributed by atoms with Gasteiger partial charge in [-0.1, -0.05) is 0 Å². The number of morpholine rings is 1. The fourth-order valence-corrected chi connectivity index (χ4v) is 4.28. The zero-order chi connectivity index (χ0) is 19.2. The SMILES string of the molecule is CN(C)C(=O)c1ccc(CN2CCC(N3CCOCC3)C(CCCO)C2)o1. The number of furan rings is 1. The molecule has 1 aromatic rings. The number of hydrogen-bond donors (Lipinski definition) is 1. The first-order valence-electron chi connectivity index (χ1n) is 10.0. The van der Waals surface area contributed by atoms with Crippen molar-refractivity contribution in [3.8, 4) is 0 Å². The van der Waals surface area contributed by atoms with Crippen LogP contribution in [0.4, 0.5) is 0 Å². The van der Waals surface area contributed by atoms with Crippen molar-refractivity contribution < 1.29 is 19.1 Å². The lowest BCUT2D eigenvalue weighted by atomic mass is 9.86. The topological polar surface area (TPSA) is 69.4 Å². The molecule has 7 nitrogen and oxygen atoms in total. The van der Waals surface area contributed by atoms with Crippen LogP contribution in [0.3, 0.4) is 0 Å². The maximum Gasteiger partial charge on any atom is 0.289 e. The number of amides is 1. The molecule has 0 bridgehead atoms. The van der Waals surface area contributed by atoms with Crippen molar-refractivity contribution in [2.24, 2.45) is 5.92 Å². The second kappa shape index (κ2) is 9.68. The van der Waals surface area contributed by atoms with Crippen LogP contribution in [0.25, 0.3) is 0 Å². The molecule has 2 saturated heterocycles. The third kappa shape index (κ3) is 5.31. The highest BCUT2D eigenvalue weighted by Gasteiger charge is 2.33. The Bertz CT molecular complexity index is 598. The highest BCUT2D eigenvalue weighted by Crippen LogP contribution is 2.28. The third-order valence-corrected chi connectivity index (χ3v) is 5.68. The molecule has 1 N–H and O–H groups in total. The molecule has 1 aromatic heterocycles. The van der Waals surface area contributed by atoms with E-state index in [1.54, 1.807) is 20.2 Å². The van der Waals surface area contributed by atoms with Crippen LogP contribution in [-0.2, 0) is 11.3 Å². The lowest BCUT2D eigenvalue weighted by molar-refractivity contribution is -0.0238. The molecule has 3 rings (SSSR count). The van der Waals surface area contributed by atoms with Crippen LogP contribution < -0.4 is 0 Å². The summed E-state index contributed by atoms with van der Waals surface area (Å²) in [7, 11) is 3.46. The zero-order valence-corrected chi connectivity index (χ0v) is 16.6. The van der Waals surface area contributed by atoms with Gasteiger partial charge in [0, 0.05) is 52.9 Å². The Morgan fingerprint density at radius 1 is 1.26 bits per heavy atom. The number of aliphatic hydroxyl groups is 1. The van der Waals surface area contributed by atoms with E-state index in [1.807, 2.05) is 6.07 Å². The molecule has 0 saturated carbocycles. The van der Waals surface area contributed by atoms with E-state index in [0.717, 1.165) is 71.0 Å². The predicted molar refractivity (Wildman–Crippen MR) is 103 cm³/mol. The van der Waals surface area contributed by atoms with Crippen LogP contribution in [0.1, 0.15) is 35.6 Å². The molecule has 3 heterocycles. The number of carbonyl (C=O) groups excluding carboxylic acids is 1. The average molecular weight is 380 g/mol. The number of likely N-dealkylation sites (tertiary alicyclic amines) is 1. The summed E-state index contributed by atoms with van der Waals surface area (Å²) >= 11 is 0. The highest BCUT2D eigenvalue weighted by atomic mass is 16.5. The fraction of sp³-hybridized carbons (Fsp3) is 0.750. The average Bonchev–Trinajstić information content (AvgIpc) is 3.14. The van der Waals surface area contributed by atoms with Gasteiger partial charge in [-0.2, -0.15) is 0 Å². The Morgan fingerprint density at radius 2 is 2.04 bits per heavy atom. The van der Waals surface area contributed by atoms with Crippen LogP contribution in [-0.4, -0.2) is 91.9 Å². The second-order valence-corrected chi connectivity index (χ2v) is 7.83. The summed E-state index contributed by atoms with van der Waals surface area (Å²) in [5.74, 6) is 1.68. The summed E-state index contributed by atoms with van der Waals surface area (Å²) < 4.78 is 11.3. The van der Waals surface area contributed by atoms with E-state index in [-0.39, 0.29) is 12.5 Å². The number of aliphatic hydroxyl groups excluding tert-OH is 1. The molecule has 0 aliphatic carbocycles. The minimum absolute atomic E-state index is 0.104. The smallest absolute Gasteiger partial charge is 0.289 e. The number of piperidine rings is 1. The fourth-order valence-electron chi connectivity index (χ4n) is 4.28. The number of ether oxygens (including phenoxy) is 1. The molecular weight excluding hydrogens is 346 g/mol. The van der Waals surface area contributed by atoms with Gasteiger partial charge < -0.3 is 19.2 Å². The quantitative estimate of drug-likeness (QED) is 0.770. The van der Waals surface area contributed by atoms with Gasteiger partial charge in [-0.15, -0.1) is 0 Å². The van der Waals surface area contributed by atoms with Gasteiger partial charge in [0.1, 0.15) is 5.76 Å². The molecule has 2 fully saturated rings. The van der Waals surface area contributed by atoms with E-state index >= 15 is 0 Å². The van der Waals surface area contributed by atoms with Crippen molar-refractivity contribution >= 4 is 5.91 Å². The molecule has 1 amide bonds. The number of carbonyl (C=O) groups is 1. The predicted octanol–water partition coefficient (Wildman–Crippen LogP) is 1.28. The minimum Gasteiger partial charge on any atom is -0.455 e. The van der Waals surface area contributed by atoms with Crippen molar-refractivity contribution in [3.63, 3.8) is 0 Å². The highest BCUT2D eigenvalue weighted by molar-refractivity contribution is 5.91. The molecule has 152 valence electrons. The molecule has 2 unspecified atom stereocenters. The molecule has 2 aliphatic rings. The lowest BCUT2D eigenvalue weighted by Gasteiger charge is -2.45. The maximum absolute atomic E-state index is 12.0. The van der Waals surface area contributed by atoms with Gasteiger partial charge in [-0.05, 0) is 37.3 Å². The van der Waals surface area contributed by atoms with Gasteiger partial charge in [0.15, 0.2) is 5.76 Å². The normalized spacial score (nSPS) is 24.9. The van der Waals surface area contributed by atoms with E-state index in [9.17, 15) is 9.90 Å². The van der Waals surface area contributed by atoms with Crippen molar-refractivity contribution in [1.29, 1.82) is 0 Å². The molecule has 0 aromatic carbocycles. The van der Waals surface area contributed by atoms with E-state index in [4.69, 9.17) is 9.15 Å². The van der Waals surface area contributed by atoms with Crippen LogP contribution in [0, 0.1) is 5.92 Å². The largest absolute Gasteiger partial charge is 0.455 e. The maximum atomic E-state index is 12.0. The van der Waals surface area contributed by atoms with Crippen LogP contribution >= 0.6 is 0 Å². The minimum atomic E-state index is -0.104. The Hall–Kier alpha value is -1.41. The number of hydrogen-bond acceptors (Lipinski definition) is 6. The lowest BCUT2D eigenvalue weighted by Crippen LogP contribution is -2.53. The van der Waals surface area contributed by atoms with E-state index in [1.165, 1.54) is 4.90 Å². The molecule has 27 heavy (non-hydrogen) atoms. The van der Waals surface area contributed by atoms with Crippen LogP contribution in [0.2, 0.25) is 0 Å². The number of rotatable bonds is 7. The van der Waals surface area contributed by atoms with Gasteiger partial charge in [-0.3, -0.25) is 14.6 Å². The second-order valence-electron chi connectivity index (χ2n) is 7.83. The summed E-state index contributed by atoms with van der Waals surface area (Å²) in [6, 6.07) is 4.24. The summed E-state index contributed by atoms with van der Waals surface area (Å²) in [5, 5.41) is 9.30. The summed E-state index contributed by atoms with van der Waals surface area (Å²) in [5.41, 5.74) is 0. The molecule has 7 heteroatoms. The Morgan fingerprint density at radius 3 is 2.74 bits per heavy atom. The molecule has 2 aliphatic heterocycles. The van der Waals surface area contributed by atoms with Gasteiger partial charge in [0.2, 0.25) is 0 Å². The van der Waals surface area contributed by atoms with Crippen molar-refractivity contribution in [2.75, 3.05) is 60.1 Å². The Labute approximate surface area is 161 Å². The van der Waals surface area contributed by atoms with E-state index in [2.05, 4.69) is 9.80 Å². The monoisotopic (exact) mass is 379 g/mol. The third-order valence-electron chi connectivity index (χ3n) is 5.68. The van der Waals surface area contributed by atoms with Crippen LogP contribution in [0.15, 0.2) is 16.5 Å². The van der Waals surface area contributed by atoms with Crippen molar-refractivity contribution in [2.45, 2.75) is 31.8 Å². The standard InChI is InChI=1S/C20H33N3O4/c1-21(2)20(25)19-6-5-17(27-19)15-22-8-7-18(16(14-22)4-3-11-24)23-9-12-26-13-10-23/h5-6,16,18,24H,3-4,7-15H2,1-2H3. The molecule has 0 radical (unpaired) electrons. The molecule has 2 atom stereocenters. The van der Waals surface area contributed by atoms with Crippen molar-refractivity contribution in [3.05, 3.63) is 23.7 Å². The summed E-state index contributed by atoms with van der Waals surface area (Å²) in [6.45, 7) is 6.66. The first-order valence-corrected chi connectivity index (χ1v) is 10.0. The van der Waals surface area contributed by atoms with Gasteiger partial charge in [0.25, 0.3) is 5.91 Å². The van der Waals surface area contributed by atoms with Gasteiger partial charge >= 0.3 is 0 Å². The summed E-state index contributed by atoms with van der Waals surface area (Å²) in [4.78, 5) is 18.5. The van der Waals surface area contributed by atoms with E-state index in [0.29, 0.717) is 17.7 Å².